The highest BCUT2D eigenvalue weighted by Gasteiger charge is 2.35. The molecule has 0 unspecified atom stereocenters. The second-order valence-corrected chi connectivity index (χ2v) is 16.5. The topological polar surface area (TPSA) is 6.48 Å². The van der Waals surface area contributed by atoms with Crippen LogP contribution in [0, 0.1) is 0 Å². The number of hydrogen-bond donors (Lipinski definition) is 0. The molecular formula is C57H40N2. The first-order valence-corrected chi connectivity index (χ1v) is 20.6. The normalized spacial score (nSPS) is 13.1. The zero-order valence-corrected chi connectivity index (χ0v) is 33.0. The lowest BCUT2D eigenvalue weighted by molar-refractivity contribution is 0.663. The van der Waals surface area contributed by atoms with Crippen LogP contribution in [0.25, 0.3) is 65.0 Å². The zero-order valence-electron chi connectivity index (χ0n) is 33.0. The van der Waals surface area contributed by atoms with Crippen LogP contribution in [0.1, 0.15) is 25.0 Å². The summed E-state index contributed by atoms with van der Waals surface area (Å²) < 4.78 is 0. The van der Waals surface area contributed by atoms with Gasteiger partial charge in [-0.25, -0.2) is 0 Å². The maximum absolute atomic E-state index is 2.54. The van der Waals surface area contributed by atoms with E-state index in [1.54, 1.807) is 0 Å². The van der Waals surface area contributed by atoms with Crippen molar-refractivity contribution in [1.82, 2.24) is 0 Å². The second-order valence-electron chi connectivity index (χ2n) is 16.5. The summed E-state index contributed by atoms with van der Waals surface area (Å²) in [5.41, 5.74) is 11.9. The predicted molar refractivity (Wildman–Crippen MR) is 252 cm³/mol. The van der Waals surface area contributed by atoms with E-state index >= 15 is 0 Å². The quantitative estimate of drug-likeness (QED) is 0.150. The van der Waals surface area contributed by atoms with Crippen LogP contribution in [0.4, 0.5) is 34.1 Å². The molecular weight excluding hydrogens is 713 g/mol. The minimum absolute atomic E-state index is 0.148. The minimum atomic E-state index is -0.148. The van der Waals surface area contributed by atoms with Crippen LogP contribution in [-0.2, 0) is 5.41 Å². The molecule has 278 valence electrons. The molecule has 2 heteroatoms. The number of nitrogens with zero attached hydrogens (tertiary/aromatic N) is 2. The van der Waals surface area contributed by atoms with Gasteiger partial charge in [-0.2, -0.15) is 0 Å². The average Bonchev–Trinajstić information content (AvgIpc) is 3.53. The summed E-state index contributed by atoms with van der Waals surface area (Å²) in [6.07, 6.45) is 0. The van der Waals surface area contributed by atoms with E-state index in [-0.39, 0.29) is 5.41 Å². The van der Waals surface area contributed by atoms with Crippen LogP contribution in [0.3, 0.4) is 0 Å². The first-order chi connectivity index (χ1) is 29.0. The van der Waals surface area contributed by atoms with Crippen LogP contribution in [-0.4, -0.2) is 0 Å². The van der Waals surface area contributed by atoms with Gasteiger partial charge in [0, 0.05) is 38.8 Å². The van der Waals surface area contributed by atoms with Crippen molar-refractivity contribution in [1.29, 1.82) is 0 Å². The van der Waals surface area contributed by atoms with Gasteiger partial charge in [-0.05, 0) is 114 Å². The Morgan fingerprint density at radius 3 is 1.49 bits per heavy atom. The van der Waals surface area contributed by atoms with E-state index in [0.29, 0.717) is 0 Å². The lowest BCUT2D eigenvalue weighted by atomic mass is 9.81. The first kappa shape index (κ1) is 33.7. The SMILES string of the molecule is CC1(C)c2cccc3ccc4cc(N(c5ccccc5-c5ccccc5)c5ccc6ccc7c(N(c8ccccc8)c8ccccc8)ccc8ccc5c6c87)cc1c4c23. The molecule has 0 bridgehead atoms. The summed E-state index contributed by atoms with van der Waals surface area (Å²) in [6, 6.07) is 76.1. The molecule has 0 N–H and O–H groups in total. The van der Waals surface area contributed by atoms with E-state index in [9.17, 15) is 0 Å². The minimum Gasteiger partial charge on any atom is -0.310 e. The Hall–Kier alpha value is -7.42. The van der Waals surface area contributed by atoms with Crippen molar-refractivity contribution in [3.8, 4) is 11.1 Å². The maximum atomic E-state index is 2.54. The van der Waals surface area contributed by atoms with Crippen LogP contribution in [0.2, 0.25) is 0 Å². The molecule has 0 saturated carbocycles. The number of rotatable bonds is 7. The third-order valence-electron chi connectivity index (χ3n) is 12.9. The maximum Gasteiger partial charge on any atom is 0.0540 e. The van der Waals surface area contributed by atoms with Crippen LogP contribution in [0.5, 0.6) is 0 Å². The molecule has 59 heavy (non-hydrogen) atoms. The van der Waals surface area contributed by atoms with Crippen molar-refractivity contribution in [2.45, 2.75) is 19.3 Å². The molecule has 0 radical (unpaired) electrons. The van der Waals surface area contributed by atoms with Crippen molar-refractivity contribution < 1.29 is 0 Å². The molecule has 0 heterocycles. The summed E-state index contributed by atoms with van der Waals surface area (Å²) in [4.78, 5) is 4.93. The molecule has 0 aliphatic heterocycles. The molecule has 11 aromatic rings. The molecule has 2 nitrogen and oxygen atoms in total. The molecule has 0 fully saturated rings. The predicted octanol–water partition coefficient (Wildman–Crippen LogP) is 16.1. The summed E-state index contributed by atoms with van der Waals surface area (Å²) in [5, 5.41) is 12.8. The van der Waals surface area contributed by atoms with Gasteiger partial charge in [0.25, 0.3) is 0 Å². The lowest BCUT2D eigenvalue weighted by Crippen LogP contribution is -2.17. The third kappa shape index (κ3) is 5.00. The van der Waals surface area contributed by atoms with E-state index < -0.39 is 0 Å². The van der Waals surface area contributed by atoms with Crippen LogP contribution < -0.4 is 9.80 Å². The fourth-order valence-corrected chi connectivity index (χ4v) is 10.2. The van der Waals surface area contributed by atoms with E-state index in [4.69, 9.17) is 0 Å². The second kappa shape index (κ2) is 12.8. The van der Waals surface area contributed by atoms with Gasteiger partial charge < -0.3 is 9.80 Å². The van der Waals surface area contributed by atoms with Gasteiger partial charge in [-0.15, -0.1) is 0 Å². The number of anilines is 6. The van der Waals surface area contributed by atoms with Crippen molar-refractivity contribution in [2.24, 2.45) is 0 Å². The van der Waals surface area contributed by atoms with E-state index in [0.717, 1.165) is 34.1 Å². The summed E-state index contributed by atoms with van der Waals surface area (Å²) >= 11 is 0. The fraction of sp³-hybridized carbons (Fsp3) is 0.0526. The molecule has 0 spiro atoms. The van der Waals surface area contributed by atoms with Gasteiger partial charge in [-0.3, -0.25) is 0 Å². The molecule has 0 amide bonds. The van der Waals surface area contributed by atoms with Gasteiger partial charge >= 0.3 is 0 Å². The van der Waals surface area contributed by atoms with E-state index in [1.807, 2.05) is 0 Å². The smallest absolute Gasteiger partial charge is 0.0540 e. The summed E-state index contributed by atoms with van der Waals surface area (Å²) in [5.74, 6) is 0. The Kier molecular flexibility index (Phi) is 7.31. The van der Waals surface area contributed by atoms with Crippen molar-refractivity contribution in [3.05, 3.63) is 217 Å². The van der Waals surface area contributed by atoms with Gasteiger partial charge in [0.15, 0.2) is 0 Å². The highest BCUT2D eigenvalue weighted by Crippen LogP contribution is 2.53. The standard InChI is InChI=1S/C57H40N2/c1-57(2)48-23-14-17-38-25-26-41-35-44(36-49(57)56(41)55(38)48)59(50-24-13-12-22-45(50)37-15-6-3-7-16-37)52-34-30-40-27-31-46-51(33-29-39-28-32-47(52)54(40)53(39)46)58(42-18-8-4-9-19-42)43-20-10-5-11-21-43/h3-36H,1-2H3. The van der Waals surface area contributed by atoms with Gasteiger partial charge in [0.05, 0.1) is 17.1 Å². The molecule has 12 rings (SSSR count). The Labute approximate surface area is 344 Å². The average molecular weight is 753 g/mol. The van der Waals surface area contributed by atoms with E-state index in [1.165, 1.54) is 76.1 Å². The van der Waals surface area contributed by atoms with Crippen LogP contribution >= 0.6 is 0 Å². The highest BCUT2D eigenvalue weighted by molar-refractivity contribution is 6.28. The van der Waals surface area contributed by atoms with Crippen LogP contribution in [0.15, 0.2) is 206 Å². The Bertz CT molecular complexity index is 3370. The Morgan fingerprint density at radius 2 is 0.831 bits per heavy atom. The Morgan fingerprint density at radius 1 is 0.322 bits per heavy atom. The Balaban J connectivity index is 1.15. The van der Waals surface area contributed by atoms with Crippen molar-refractivity contribution in [3.63, 3.8) is 0 Å². The van der Waals surface area contributed by atoms with E-state index in [2.05, 4.69) is 230 Å². The number of para-hydroxylation sites is 3. The molecule has 0 aromatic heterocycles. The van der Waals surface area contributed by atoms with Gasteiger partial charge in [0.1, 0.15) is 0 Å². The molecule has 0 saturated heterocycles. The lowest BCUT2D eigenvalue weighted by Gasteiger charge is -2.31. The molecule has 11 aromatic carbocycles. The molecule has 0 atom stereocenters. The largest absolute Gasteiger partial charge is 0.310 e. The zero-order chi connectivity index (χ0) is 39.2. The number of benzene rings is 11. The van der Waals surface area contributed by atoms with Crippen molar-refractivity contribution in [2.75, 3.05) is 9.80 Å². The third-order valence-corrected chi connectivity index (χ3v) is 12.9. The number of hydrogen-bond acceptors (Lipinski definition) is 2. The fourth-order valence-electron chi connectivity index (χ4n) is 10.2. The molecule has 1 aliphatic rings. The van der Waals surface area contributed by atoms with Crippen molar-refractivity contribution >= 4 is 88.0 Å². The summed E-state index contributed by atoms with van der Waals surface area (Å²) in [7, 11) is 0. The van der Waals surface area contributed by atoms with Gasteiger partial charge in [-0.1, -0.05) is 166 Å². The first-order valence-electron chi connectivity index (χ1n) is 20.6. The summed E-state index contributed by atoms with van der Waals surface area (Å²) in [6.45, 7) is 4.79. The van der Waals surface area contributed by atoms with Gasteiger partial charge in [0.2, 0.25) is 0 Å². The molecule has 1 aliphatic carbocycles. The highest BCUT2D eigenvalue weighted by atomic mass is 15.2. The monoisotopic (exact) mass is 752 g/mol.